The highest BCUT2D eigenvalue weighted by Crippen LogP contribution is 2.34. The third-order valence-corrected chi connectivity index (χ3v) is 4.00. The molecule has 0 radical (unpaired) electrons. The number of ether oxygens (including phenoxy) is 1. The lowest BCUT2D eigenvalue weighted by Crippen LogP contribution is -3.00. The standard InChI is InChI=1S/C18H13NO3.BrH/c1-22-17-5-2-11-9-16-14-4-3-13(20)8-12(14)6-7-19(16)10-15(11)18(17)21;/h2-10H,1H3,(H,20,21);1H. The molecule has 2 aromatic heterocycles. The van der Waals surface area contributed by atoms with Crippen LogP contribution in [-0.4, -0.2) is 17.3 Å². The van der Waals surface area contributed by atoms with E-state index in [1.165, 1.54) is 7.11 Å². The van der Waals surface area contributed by atoms with Crippen molar-refractivity contribution in [1.82, 2.24) is 0 Å². The van der Waals surface area contributed by atoms with E-state index in [0.29, 0.717) is 5.75 Å². The van der Waals surface area contributed by atoms with Crippen LogP contribution in [0.25, 0.3) is 27.1 Å². The molecule has 23 heavy (non-hydrogen) atoms. The number of phenols is 2. The van der Waals surface area contributed by atoms with Gasteiger partial charge in [0.1, 0.15) is 5.75 Å². The van der Waals surface area contributed by atoms with Gasteiger partial charge in [0.2, 0.25) is 5.52 Å². The molecule has 0 amide bonds. The predicted octanol–water partition coefficient (Wildman–Crippen LogP) is 0.156. The Morgan fingerprint density at radius 2 is 1.70 bits per heavy atom. The first-order valence-electron chi connectivity index (χ1n) is 6.94. The summed E-state index contributed by atoms with van der Waals surface area (Å²) in [4.78, 5) is 0. The van der Waals surface area contributed by atoms with Crippen molar-refractivity contribution in [1.29, 1.82) is 0 Å². The zero-order valence-electron chi connectivity index (χ0n) is 12.3. The quantitative estimate of drug-likeness (QED) is 0.284. The van der Waals surface area contributed by atoms with E-state index in [2.05, 4.69) is 0 Å². The maximum atomic E-state index is 10.3. The first kappa shape index (κ1) is 15.4. The van der Waals surface area contributed by atoms with E-state index in [4.69, 9.17) is 4.74 Å². The molecule has 0 aliphatic rings. The molecule has 0 atom stereocenters. The molecular formula is C18H14BrNO3. The summed E-state index contributed by atoms with van der Waals surface area (Å²) in [5.41, 5.74) is 1.01. The van der Waals surface area contributed by atoms with E-state index in [9.17, 15) is 10.2 Å². The van der Waals surface area contributed by atoms with Gasteiger partial charge in [-0.25, -0.2) is 0 Å². The van der Waals surface area contributed by atoms with Crippen LogP contribution in [0.2, 0.25) is 0 Å². The molecule has 0 aliphatic carbocycles. The number of fused-ring (bicyclic) bond motifs is 4. The topological polar surface area (TPSA) is 53.8 Å². The lowest BCUT2D eigenvalue weighted by atomic mass is 10.1. The number of rotatable bonds is 1. The van der Waals surface area contributed by atoms with Gasteiger partial charge in [0.15, 0.2) is 23.9 Å². The molecule has 2 aromatic carbocycles. The molecule has 2 N–H and O–H groups in total. The fourth-order valence-corrected chi connectivity index (χ4v) is 2.88. The van der Waals surface area contributed by atoms with Crippen LogP contribution >= 0.6 is 0 Å². The van der Waals surface area contributed by atoms with Crippen molar-refractivity contribution in [3.05, 3.63) is 54.9 Å². The number of hydrogen-bond donors (Lipinski definition) is 2. The summed E-state index contributed by atoms with van der Waals surface area (Å²) in [7, 11) is 1.54. The van der Waals surface area contributed by atoms with Crippen LogP contribution in [0, 0.1) is 0 Å². The van der Waals surface area contributed by atoms with Crippen molar-refractivity contribution in [2.24, 2.45) is 0 Å². The van der Waals surface area contributed by atoms with Crippen LogP contribution in [0.4, 0.5) is 0 Å². The molecular weight excluding hydrogens is 358 g/mol. The van der Waals surface area contributed by atoms with Crippen molar-refractivity contribution in [2.45, 2.75) is 0 Å². The van der Waals surface area contributed by atoms with E-state index in [1.54, 1.807) is 18.2 Å². The molecule has 0 fully saturated rings. The monoisotopic (exact) mass is 371 g/mol. The van der Waals surface area contributed by atoms with E-state index >= 15 is 0 Å². The second-order valence-corrected chi connectivity index (χ2v) is 5.27. The zero-order chi connectivity index (χ0) is 15.3. The largest absolute Gasteiger partial charge is 1.00 e. The van der Waals surface area contributed by atoms with E-state index in [0.717, 1.165) is 27.1 Å². The van der Waals surface area contributed by atoms with E-state index in [-0.39, 0.29) is 28.5 Å². The summed E-state index contributed by atoms with van der Waals surface area (Å²) in [6, 6.07) is 13.0. The summed E-state index contributed by atoms with van der Waals surface area (Å²) in [5, 5.41) is 23.6. The lowest BCUT2D eigenvalue weighted by molar-refractivity contribution is -0.509. The van der Waals surface area contributed by atoms with Gasteiger partial charge in [-0.1, -0.05) is 0 Å². The summed E-state index contributed by atoms with van der Waals surface area (Å²) < 4.78 is 7.12. The Kier molecular flexibility index (Phi) is 3.74. The number of phenolic OH excluding ortho intramolecular Hbond substituents is 2. The Balaban J connectivity index is 0.00000156. The minimum Gasteiger partial charge on any atom is -1.00 e. The van der Waals surface area contributed by atoms with Gasteiger partial charge in [0.25, 0.3) is 0 Å². The van der Waals surface area contributed by atoms with Gasteiger partial charge in [-0.05, 0) is 41.1 Å². The van der Waals surface area contributed by atoms with Crippen molar-refractivity contribution < 1.29 is 36.3 Å². The maximum absolute atomic E-state index is 10.3. The molecule has 5 heteroatoms. The number of nitrogens with zero attached hydrogens (tertiary/aromatic N) is 1. The Morgan fingerprint density at radius 3 is 2.48 bits per heavy atom. The second-order valence-electron chi connectivity index (χ2n) is 5.27. The van der Waals surface area contributed by atoms with Crippen LogP contribution in [0.3, 0.4) is 0 Å². The van der Waals surface area contributed by atoms with Gasteiger partial charge in [-0.2, -0.15) is 4.40 Å². The highest BCUT2D eigenvalue weighted by Gasteiger charge is 2.14. The fourth-order valence-electron chi connectivity index (χ4n) is 2.88. The SMILES string of the molecule is COc1ccc2cc3c4ccc(O)cc4cc[n+]3cc2c1O.[Br-]. The third-order valence-electron chi connectivity index (χ3n) is 4.00. The average molecular weight is 372 g/mol. The van der Waals surface area contributed by atoms with E-state index < -0.39 is 0 Å². The van der Waals surface area contributed by atoms with Crippen molar-refractivity contribution >= 4 is 27.1 Å². The van der Waals surface area contributed by atoms with Gasteiger partial charge in [-0.15, -0.1) is 0 Å². The van der Waals surface area contributed by atoms with Crippen LogP contribution in [-0.2, 0) is 0 Å². The summed E-state index contributed by atoms with van der Waals surface area (Å²) in [6.45, 7) is 0. The molecule has 4 aromatic rings. The van der Waals surface area contributed by atoms with Crippen LogP contribution in [0.5, 0.6) is 17.2 Å². The first-order chi connectivity index (χ1) is 10.7. The Morgan fingerprint density at radius 1 is 0.913 bits per heavy atom. The number of hydrogen-bond acceptors (Lipinski definition) is 3. The summed E-state index contributed by atoms with van der Waals surface area (Å²) in [6.07, 6.45) is 3.80. The summed E-state index contributed by atoms with van der Waals surface area (Å²) >= 11 is 0. The maximum Gasteiger partial charge on any atom is 0.219 e. The highest BCUT2D eigenvalue weighted by molar-refractivity contribution is 5.99. The Labute approximate surface area is 143 Å². The van der Waals surface area contributed by atoms with Crippen molar-refractivity contribution in [2.75, 3.05) is 7.11 Å². The van der Waals surface area contributed by atoms with Crippen molar-refractivity contribution in [3.63, 3.8) is 0 Å². The number of methoxy groups -OCH3 is 1. The van der Waals surface area contributed by atoms with Gasteiger partial charge in [0.05, 0.1) is 17.9 Å². The van der Waals surface area contributed by atoms with E-state index in [1.807, 2.05) is 41.1 Å². The first-order valence-corrected chi connectivity index (χ1v) is 6.94. The molecule has 2 heterocycles. The highest BCUT2D eigenvalue weighted by atomic mass is 79.9. The van der Waals surface area contributed by atoms with Crippen LogP contribution in [0.15, 0.2) is 54.9 Å². The molecule has 0 unspecified atom stereocenters. The van der Waals surface area contributed by atoms with Crippen molar-refractivity contribution in [3.8, 4) is 17.2 Å². The molecule has 0 saturated carbocycles. The third kappa shape index (κ3) is 2.33. The lowest BCUT2D eigenvalue weighted by Gasteiger charge is -2.06. The molecule has 4 rings (SSSR count). The minimum atomic E-state index is 0. The number of halogens is 1. The predicted molar refractivity (Wildman–Crippen MR) is 84.5 cm³/mol. The zero-order valence-corrected chi connectivity index (χ0v) is 13.9. The van der Waals surface area contributed by atoms with Gasteiger partial charge >= 0.3 is 0 Å². The van der Waals surface area contributed by atoms with Crippen LogP contribution < -0.4 is 26.1 Å². The fraction of sp³-hybridized carbons (Fsp3) is 0.0556. The summed E-state index contributed by atoms with van der Waals surface area (Å²) in [5.74, 6) is 0.846. The normalized spacial score (nSPS) is 10.8. The molecule has 0 saturated heterocycles. The molecule has 0 bridgehead atoms. The Bertz CT molecular complexity index is 1050. The van der Waals surface area contributed by atoms with Gasteiger partial charge in [-0.3, -0.25) is 0 Å². The average Bonchev–Trinajstić information content (AvgIpc) is 2.53. The molecule has 0 aliphatic heterocycles. The molecule has 4 nitrogen and oxygen atoms in total. The van der Waals surface area contributed by atoms with Gasteiger partial charge < -0.3 is 31.9 Å². The number of aromatic hydroxyl groups is 2. The minimum absolute atomic E-state index is 0. The van der Waals surface area contributed by atoms with Crippen LogP contribution in [0.1, 0.15) is 0 Å². The molecule has 0 spiro atoms. The number of benzene rings is 2. The number of pyridine rings is 2. The second kappa shape index (κ2) is 5.59. The number of aromatic nitrogens is 1. The Hall–Kier alpha value is -2.53. The smallest absolute Gasteiger partial charge is 0.219 e. The molecule has 116 valence electrons. The van der Waals surface area contributed by atoms with Gasteiger partial charge in [0, 0.05) is 12.1 Å².